The van der Waals surface area contributed by atoms with Gasteiger partial charge in [-0.3, -0.25) is 29.6 Å². The second-order valence-corrected chi connectivity index (χ2v) is 11.9. The van der Waals surface area contributed by atoms with Crippen LogP contribution in [0, 0.1) is 20.2 Å². The van der Waals surface area contributed by atoms with E-state index in [4.69, 9.17) is 23.9 Å². The van der Waals surface area contributed by atoms with Crippen LogP contribution < -0.4 is 29.1 Å². The molecule has 50 heavy (non-hydrogen) atoms. The molecule has 0 saturated heterocycles. The van der Waals surface area contributed by atoms with E-state index in [0.717, 1.165) is 29.5 Å². The Morgan fingerprint density at radius 3 is 2.46 bits per heavy atom. The molecular weight excluding hydrogens is 668 g/mol. The number of esters is 1. The molecule has 0 amide bonds. The number of fused-ring (bicyclic) bond motifs is 2. The number of carbonyl (C=O) groups excluding carboxylic acids is 1. The number of ether oxygens (including phenoxy) is 4. The van der Waals surface area contributed by atoms with Gasteiger partial charge < -0.3 is 18.9 Å². The summed E-state index contributed by atoms with van der Waals surface area (Å²) >= 11 is 1.15. The van der Waals surface area contributed by atoms with Crippen LogP contribution in [0.25, 0.3) is 11.8 Å². The molecule has 7 rings (SSSR count). The summed E-state index contributed by atoms with van der Waals surface area (Å²) in [5.74, 6) is 0.469. The number of carbonyl (C=O) groups is 1. The predicted molar refractivity (Wildman–Crippen MR) is 180 cm³/mol. The lowest BCUT2D eigenvalue weighted by Crippen LogP contribution is -2.40. The SMILES string of the molecule is CCOC(=O)C1=C(c2ccccc2)N=c2s/c(=C/c3ccc(Oc4ccc([N+](=O)[O-])cc4[N+](=O)[O-])cc3)c(=O)n2[C@H]1c1ccc2c(c1)OCO2. The Hall–Kier alpha value is -6.61. The molecule has 0 spiro atoms. The molecule has 4 aromatic carbocycles. The number of non-ortho nitro benzene ring substituents is 1. The fraction of sp³-hybridized carbons (Fsp3) is 0.114. The predicted octanol–water partition coefficient (Wildman–Crippen LogP) is 5.27. The summed E-state index contributed by atoms with van der Waals surface area (Å²) in [7, 11) is 0. The largest absolute Gasteiger partial charge is 0.463 e. The highest BCUT2D eigenvalue weighted by Crippen LogP contribution is 2.40. The summed E-state index contributed by atoms with van der Waals surface area (Å²) in [6.45, 7) is 1.86. The van der Waals surface area contributed by atoms with Gasteiger partial charge >= 0.3 is 11.7 Å². The van der Waals surface area contributed by atoms with Crippen LogP contribution in [0.4, 0.5) is 11.4 Å². The van der Waals surface area contributed by atoms with E-state index in [1.807, 2.05) is 30.3 Å². The number of aromatic nitrogens is 1. The molecule has 1 aromatic heterocycles. The summed E-state index contributed by atoms with van der Waals surface area (Å²) in [4.78, 5) is 54.2. The van der Waals surface area contributed by atoms with Crippen LogP contribution in [0.1, 0.15) is 29.7 Å². The molecule has 2 aliphatic heterocycles. The van der Waals surface area contributed by atoms with E-state index in [0.29, 0.717) is 43.2 Å². The van der Waals surface area contributed by atoms with Crippen molar-refractivity contribution in [3.63, 3.8) is 0 Å². The van der Waals surface area contributed by atoms with Crippen molar-refractivity contribution in [2.45, 2.75) is 13.0 Å². The molecule has 0 unspecified atom stereocenters. The Morgan fingerprint density at radius 2 is 1.74 bits per heavy atom. The topological polar surface area (TPSA) is 175 Å². The number of nitro benzene ring substituents is 2. The minimum absolute atomic E-state index is 0.0476. The fourth-order valence-electron chi connectivity index (χ4n) is 5.60. The molecule has 250 valence electrons. The highest BCUT2D eigenvalue weighted by molar-refractivity contribution is 7.07. The fourth-order valence-corrected chi connectivity index (χ4v) is 6.60. The van der Waals surface area contributed by atoms with Gasteiger partial charge in [0.2, 0.25) is 12.5 Å². The quantitative estimate of drug-likeness (QED) is 0.112. The molecule has 0 N–H and O–H groups in total. The second-order valence-electron chi connectivity index (χ2n) is 10.9. The van der Waals surface area contributed by atoms with Crippen LogP contribution in [-0.4, -0.2) is 33.8 Å². The Bertz CT molecular complexity index is 2400. The van der Waals surface area contributed by atoms with Crippen LogP contribution in [-0.2, 0) is 9.53 Å². The molecule has 0 saturated carbocycles. The van der Waals surface area contributed by atoms with E-state index in [9.17, 15) is 29.8 Å². The third kappa shape index (κ3) is 5.97. The van der Waals surface area contributed by atoms with E-state index in [-0.39, 0.29) is 30.5 Å². The molecule has 0 aliphatic carbocycles. The van der Waals surface area contributed by atoms with Gasteiger partial charge in [-0.1, -0.05) is 59.9 Å². The maximum Gasteiger partial charge on any atom is 0.338 e. The van der Waals surface area contributed by atoms with Gasteiger partial charge in [-0.25, -0.2) is 9.79 Å². The zero-order chi connectivity index (χ0) is 34.9. The number of benzene rings is 4. The zero-order valence-corrected chi connectivity index (χ0v) is 26.8. The molecule has 14 nitrogen and oxygen atoms in total. The Balaban J connectivity index is 1.32. The summed E-state index contributed by atoms with van der Waals surface area (Å²) in [6.07, 6.45) is 1.66. The van der Waals surface area contributed by atoms with Gasteiger partial charge in [0.1, 0.15) is 5.75 Å². The van der Waals surface area contributed by atoms with Crippen LogP contribution in [0.3, 0.4) is 0 Å². The molecule has 3 heterocycles. The normalized spacial score (nSPS) is 14.9. The number of hydrogen-bond acceptors (Lipinski definition) is 12. The summed E-state index contributed by atoms with van der Waals surface area (Å²) < 4.78 is 24.1. The van der Waals surface area contributed by atoms with Gasteiger partial charge in [-0.05, 0) is 54.5 Å². The highest BCUT2D eigenvalue weighted by atomic mass is 32.1. The van der Waals surface area contributed by atoms with Gasteiger partial charge in [-0.15, -0.1) is 0 Å². The molecule has 5 aromatic rings. The van der Waals surface area contributed by atoms with Gasteiger partial charge in [0.05, 0.1) is 44.4 Å². The maximum atomic E-state index is 14.2. The minimum Gasteiger partial charge on any atom is -0.463 e. The highest BCUT2D eigenvalue weighted by Gasteiger charge is 2.36. The van der Waals surface area contributed by atoms with Crippen molar-refractivity contribution in [1.29, 1.82) is 0 Å². The van der Waals surface area contributed by atoms with Crippen molar-refractivity contribution in [3.05, 3.63) is 153 Å². The molecule has 15 heteroatoms. The van der Waals surface area contributed by atoms with Gasteiger partial charge in [0.25, 0.3) is 11.2 Å². The van der Waals surface area contributed by atoms with E-state index >= 15 is 0 Å². The van der Waals surface area contributed by atoms with Gasteiger partial charge in [0, 0.05) is 11.6 Å². The van der Waals surface area contributed by atoms with E-state index in [1.54, 1.807) is 55.5 Å². The molecule has 0 fully saturated rings. The standard InChI is InChI=1S/C35H24N4O10S/c1-2-46-34(41)30-31(21-6-4-3-5-7-21)36-35-37(32(30)22-10-14-27-28(17-22)48-19-47-27)33(40)29(50-35)16-20-8-12-24(13-9-20)49-26-15-11-23(38(42)43)18-25(26)39(44)45/h3-18,32H,2,19H2,1H3/b29-16+/t32-/m0/s1. The third-order valence-electron chi connectivity index (χ3n) is 7.84. The number of rotatable bonds is 9. The van der Waals surface area contributed by atoms with Crippen molar-refractivity contribution in [1.82, 2.24) is 4.57 Å². The minimum atomic E-state index is -0.912. The lowest BCUT2D eigenvalue weighted by molar-refractivity contribution is -0.394. The van der Waals surface area contributed by atoms with Crippen LogP contribution in [0.2, 0.25) is 0 Å². The third-order valence-corrected chi connectivity index (χ3v) is 8.82. The first-order chi connectivity index (χ1) is 24.2. The number of hydrogen-bond donors (Lipinski definition) is 0. The maximum absolute atomic E-state index is 14.2. The average molecular weight is 693 g/mol. The first-order valence-electron chi connectivity index (χ1n) is 15.1. The van der Waals surface area contributed by atoms with E-state index in [1.165, 1.54) is 4.57 Å². The molecule has 0 bridgehead atoms. The van der Waals surface area contributed by atoms with Crippen molar-refractivity contribution >= 4 is 40.5 Å². The van der Waals surface area contributed by atoms with E-state index < -0.39 is 38.8 Å². The lowest BCUT2D eigenvalue weighted by atomic mass is 9.93. The smallest absolute Gasteiger partial charge is 0.338 e. The first-order valence-corrected chi connectivity index (χ1v) is 15.9. The lowest BCUT2D eigenvalue weighted by Gasteiger charge is -2.26. The first kappa shape index (κ1) is 32.0. The number of nitro groups is 2. The molecule has 1 atom stereocenters. The van der Waals surface area contributed by atoms with Crippen LogP contribution >= 0.6 is 11.3 Å². The second kappa shape index (κ2) is 13.1. The Labute approximate surface area is 285 Å². The number of thiazole rings is 1. The molecule has 0 radical (unpaired) electrons. The summed E-state index contributed by atoms with van der Waals surface area (Å²) in [5.41, 5.74) is 1.04. The number of nitrogens with zero attached hydrogens (tertiary/aromatic N) is 4. The summed E-state index contributed by atoms with van der Waals surface area (Å²) in [6, 6.07) is 23.0. The molecular formula is C35H24N4O10S. The Kier molecular flexibility index (Phi) is 8.39. The summed E-state index contributed by atoms with van der Waals surface area (Å²) in [5, 5.41) is 22.6. The average Bonchev–Trinajstić information content (AvgIpc) is 3.72. The van der Waals surface area contributed by atoms with Gasteiger partial charge in [0.15, 0.2) is 16.3 Å². The van der Waals surface area contributed by atoms with Crippen molar-refractivity contribution < 1.29 is 33.6 Å². The van der Waals surface area contributed by atoms with Gasteiger partial charge in [-0.2, -0.15) is 0 Å². The Morgan fingerprint density at radius 1 is 0.980 bits per heavy atom. The van der Waals surface area contributed by atoms with Crippen molar-refractivity contribution in [3.8, 4) is 23.0 Å². The van der Waals surface area contributed by atoms with E-state index in [2.05, 4.69) is 0 Å². The monoisotopic (exact) mass is 692 g/mol. The van der Waals surface area contributed by atoms with Crippen LogP contribution in [0.5, 0.6) is 23.0 Å². The van der Waals surface area contributed by atoms with Crippen LogP contribution in [0.15, 0.2) is 106 Å². The molecule has 2 aliphatic rings. The van der Waals surface area contributed by atoms with Crippen molar-refractivity contribution in [2.24, 2.45) is 4.99 Å². The zero-order valence-electron chi connectivity index (χ0n) is 26.0. The van der Waals surface area contributed by atoms with Crippen molar-refractivity contribution in [2.75, 3.05) is 13.4 Å².